The summed E-state index contributed by atoms with van der Waals surface area (Å²) in [6.07, 6.45) is 11.1. The molecule has 0 atom stereocenters. The average Bonchev–Trinajstić information content (AvgIpc) is 3.35. The van der Waals surface area contributed by atoms with Crippen LogP contribution in [0, 0.1) is 0 Å². The second-order valence-electron chi connectivity index (χ2n) is 6.38. The van der Waals surface area contributed by atoms with Crippen LogP contribution in [0.4, 0.5) is 5.69 Å². The van der Waals surface area contributed by atoms with Crippen molar-refractivity contribution in [2.75, 3.05) is 17.1 Å². The van der Waals surface area contributed by atoms with Crippen LogP contribution >= 0.6 is 0 Å². The molecule has 28 heavy (non-hydrogen) atoms. The molecular weight excluding hydrogens is 378 g/mol. The van der Waals surface area contributed by atoms with E-state index in [1.165, 1.54) is 16.9 Å². The van der Waals surface area contributed by atoms with Crippen LogP contribution in [0.25, 0.3) is 11.5 Å². The summed E-state index contributed by atoms with van der Waals surface area (Å²) < 4.78 is 29.5. The van der Waals surface area contributed by atoms with Gasteiger partial charge in [-0.1, -0.05) is 6.07 Å². The van der Waals surface area contributed by atoms with Crippen LogP contribution in [0.2, 0.25) is 0 Å². The largest absolute Gasteiger partial charge is 0.270 e. The summed E-state index contributed by atoms with van der Waals surface area (Å²) in [6.45, 7) is 0.358. The highest BCUT2D eigenvalue weighted by Crippen LogP contribution is 2.21. The highest BCUT2D eigenvalue weighted by Gasteiger charge is 2.17. The Balaban J connectivity index is 1.51. The first kappa shape index (κ1) is 18.1. The average molecular weight is 397 g/mol. The minimum Gasteiger partial charge on any atom is -0.270 e. The fourth-order valence-corrected chi connectivity index (χ4v) is 3.97. The minimum atomic E-state index is -3.42. The van der Waals surface area contributed by atoms with Crippen LogP contribution in [0.15, 0.2) is 61.4 Å². The van der Waals surface area contributed by atoms with Gasteiger partial charge in [-0.25, -0.2) is 22.6 Å². The van der Waals surface area contributed by atoms with E-state index in [-0.39, 0.29) is 0 Å². The summed E-state index contributed by atoms with van der Waals surface area (Å²) >= 11 is 0. The van der Waals surface area contributed by atoms with E-state index in [0.29, 0.717) is 30.9 Å². The van der Waals surface area contributed by atoms with Gasteiger partial charge in [0, 0.05) is 31.3 Å². The van der Waals surface area contributed by atoms with Crippen LogP contribution < -0.4 is 4.31 Å². The molecule has 0 spiro atoms. The Kier molecular flexibility index (Phi) is 4.78. The van der Waals surface area contributed by atoms with E-state index in [1.54, 1.807) is 27.7 Å². The molecule has 0 aliphatic rings. The molecule has 0 amide bonds. The topological polar surface area (TPSA) is 98.3 Å². The number of hydrogen-bond donors (Lipinski definition) is 0. The normalized spacial score (nSPS) is 11.8. The monoisotopic (exact) mass is 397 g/mol. The molecule has 0 saturated carbocycles. The summed E-state index contributed by atoms with van der Waals surface area (Å²) in [5.41, 5.74) is 2.38. The molecule has 0 saturated heterocycles. The molecule has 9 nitrogen and oxygen atoms in total. The van der Waals surface area contributed by atoms with E-state index in [9.17, 15) is 8.42 Å². The van der Waals surface area contributed by atoms with Crippen molar-refractivity contribution in [3.8, 4) is 5.69 Å². The molecule has 0 aliphatic heterocycles. The number of aryl methyl sites for hydroxylation is 1. The quantitative estimate of drug-likeness (QED) is 0.471. The van der Waals surface area contributed by atoms with Gasteiger partial charge in [0.25, 0.3) is 5.78 Å². The molecule has 10 heteroatoms. The highest BCUT2D eigenvalue weighted by atomic mass is 32.2. The lowest BCUT2D eigenvalue weighted by Gasteiger charge is -2.23. The third-order valence-corrected chi connectivity index (χ3v) is 5.50. The van der Waals surface area contributed by atoms with Crippen molar-refractivity contribution in [2.24, 2.45) is 0 Å². The van der Waals surface area contributed by atoms with Crippen LogP contribution in [0.5, 0.6) is 0 Å². The zero-order chi connectivity index (χ0) is 19.6. The summed E-state index contributed by atoms with van der Waals surface area (Å²) in [6, 6.07) is 9.14. The third kappa shape index (κ3) is 3.86. The number of hydrogen-bond acceptors (Lipinski definition) is 6. The van der Waals surface area contributed by atoms with Gasteiger partial charge in [0.2, 0.25) is 10.0 Å². The Morgan fingerprint density at radius 3 is 2.82 bits per heavy atom. The first-order valence-electron chi connectivity index (χ1n) is 8.73. The van der Waals surface area contributed by atoms with Crippen molar-refractivity contribution in [1.29, 1.82) is 0 Å². The van der Waals surface area contributed by atoms with E-state index < -0.39 is 10.0 Å². The summed E-state index contributed by atoms with van der Waals surface area (Å²) in [7, 11) is -3.42. The standard InChI is InChI=1S/C18H19N7O2S/c1-28(26,27)25(17-7-2-6-16(11-17)23-9-4-8-21-23)10-3-5-15-12-19-18-20-14-22-24(18)13-15/h2,4,6-9,11-14H,3,5,10H2,1H3. The Morgan fingerprint density at radius 1 is 1.14 bits per heavy atom. The second-order valence-corrected chi connectivity index (χ2v) is 8.28. The Hall–Kier alpha value is -3.27. The van der Waals surface area contributed by atoms with Crippen molar-refractivity contribution in [2.45, 2.75) is 12.8 Å². The van der Waals surface area contributed by atoms with Crippen LogP contribution in [0.1, 0.15) is 12.0 Å². The van der Waals surface area contributed by atoms with Gasteiger partial charge in [-0.15, -0.1) is 0 Å². The summed E-state index contributed by atoms with van der Waals surface area (Å²) in [5, 5.41) is 8.27. The fraction of sp³-hybridized carbons (Fsp3) is 0.222. The molecular formula is C18H19N7O2S. The number of nitrogens with zero attached hydrogens (tertiary/aromatic N) is 7. The first-order chi connectivity index (χ1) is 13.5. The molecule has 144 valence electrons. The minimum absolute atomic E-state index is 0.358. The zero-order valence-corrected chi connectivity index (χ0v) is 16.1. The van der Waals surface area contributed by atoms with Gasteiger partial charge in [-0.2, -0.15) is 15.2 Å². The number of benzene rings is 1. The Morgan fingerprint density at radius 2 is 2.04 bits per heavy atom. The number of fused-ring (bicyclic) bond motifs is 1. The fourth-order valence-electron chi connectivity index (χ4n) is 3.01. The van der Waals surface area contributed by atoms with Crippen molar-refractivity contribution >= 4 is 21.5 Å². The van der Waals surface area contributed by atoms with Gasteiger partial charge in [0.05, 0.1) is 17.6 Å². The molecule has 3 aromatic heterocycles. The molecule has 4 aromatic rings. The molecule has 0 radical (unpaired) electrons. The lowest BCUT2D eigenvalue weighted by atomic mass is 10.2. The SMILES string of the molecule is CS(=O)(=O)N(CCCc1cnc2ncnn2c1)c1cccc(-n2cccn2)c1. The zero-order valence-electron chi connectivity index (χ0n) is 15.3. The molecule has 1 aromatic carbocycles. The van der Waals surface area contributed by atoms with E-state index in [4.69, 9.17) is 0 Å². The molecule has 0 aliphatic carbocycles. The van der Waals surface area contributed by atoms with Gasteiger partial charge in [0.15, 0.2) is 0 Å². The maximum Gasteiger partial charge on any atom is 0.252 e. The smallest absolute Gasteiger partial charge is 0.252 e. The number of rotatable bonds is 7. The van der Waals surface area contributed by atoms with Crippen molar-refractivity contribution < 1.29 is 8.42 Å². The third-order valence-electron chi connectivity index (χ3n) is 4.30. The van der Waals surface area contributed by atoms with E-state index in [2.05, 4.69) is 20.2 Å². The van der Waals surface area contributed by atoms with Crippen molar-refractivity contribution in [3.05, 3.63) is 67.0 Å². The van der Waals surface area contributed by atoms with E-state index in [0.717, 1.165) is 11.3 Å². The van der Waals surface area contributed by atoms with E-state index >= 15 is 0 Å². The summed E-state index contributed by atoms with van der Waals surface area (Å²) in [4.78, 5) is 8.25. The lowest BCUT2D eigenvalue weighted by Crippen LogP contribution is -2.31. The number of sulfonamides is 1. The first-order valence-corrected chi connectivity index (χ1v) is 10.6. The second kappa shape index (κ2) is 7.39. The molecule has 0 fully saturated rings. The maximum atomic E-state index is 12.4. The van der Waals surface area contributed by atoms with Crippen LogP contribution in [-0.2, 0) is 16.4 Å². The Bertz CT molecular complexity index is 1190. The van der Waals surface area contributed by atoms with Gasteiger partial charge < -0.3 is 0 Å². The molecule has 0 N–H and O–H groups in total. The van der Waals surface area contributed by atoms with Crippen molar-refractivity contribution in [1.82, 2.24) is 29.4 Å². The van der Waals surface area contributed by atoms with Gasteiger partial charge in [-0.3, -0.25) is 4.31 Å². The van der Waals surface area contributed by atoms with Gasteiger partial charge in [-0.05, 0) is 42.7 Å². The van der Waals surface area contributed by atoms with Gasteiger partial charge in [0.1, 0.15) is 6.33 Å². The predicted molar refractivity (Wildman–Crippen MR) is 105 cm³/mol. The lowest BCUT2D eigenvalue weighted by molar-refractivity contribution is 0.595. The summed E-state index contributed by atoms with van der Waals surface area (Å²) in [5.74, 6) is 0.539. The van der Waals surface area contributed by atoms with Crippen LogP contribution in [-0.4, -0.2) is 50.6 Å². The van der Waals surface area contributed by atoms with Gasteiger partial charge >= 0.3 is 0 Å². The molecule has 4 rings (SSSR count). The number of aromatic nitrogens is 6. The molecule has 0 bridgehead atoms. The number of anilines is 1. The van der Waals surface area contributed by atoms with E-state index in [1.807, 2.05) is 36.7 Å². The maximum absolute atomic E-state index is 12.4. The van der Waals surface area contributed by atoms with Crippen LogP contribution in [0.3, 0.4) is 0 Å². The molecule has 3 heterocycles. The van der Waals surface area contributed by atoms with Crippen molar-refractivity contribution in [3.63, 3.8) is 0 Å². The molecule has 0 unspecified atom stereocenters. The predicted octanol–water partition coefficient (Wildman–Crippen LogP) is 1.71. The Labute approximate surface area is 162 Å². The highest BCUT2D eigenvalue weighted by molar-refractivity contribution is 7.92.